The molecule has 0 spiro atoms. The third-order valence-electron chi connectivity index (χ3n) is 5.89. The highest BCUT2D eigenvalue weighted by Gasteiger charge is 2.50. The van der Waals surface area contributed by atoms with Crippen molar-refractivity contribution in [2.45, 2.75) is 58.0 Å². The number of ether oxygens (including phenoxy) is 2. The van der Waals surface area contributed by atoms with Gasteiger partial charge in [0.25, 0.3) is 5.91 Å². The number of benzene rings is 1. The maximum atomic E-state index is 12.7. The van der Waals surface area contributed by atoms with E-state index in [1.165, 1.54) is 12.1 Å². The van der Waals surface area contributed by atoms with E-state index in [4.69, 9.17) is 21.1 Å². The molecule has 1 aromatic heterocycles. The molecule has 186 valence electrons. The van der Waals surface area contributed by atoms with Crippen LogP contribution in [0.25, 0.3) is 0 Å². The van der Waals surface area contributed by atoms with Crippen LogP contribution >= 0.6 is 11.6 Å². The number of halogens is 2. The number of rotatable bonds is 9. The maximum Gasteiger partial charge on any atom is 0.258 e. The fraction of sp³-hybridized carbons (Fsp3) is 0.480. The monoisotopic (exact) mass is 493 g/mol. The number of aldehydes is 1. The summed E-state index contributed by atoms with van der Waals surface area (Å²) >= 11 is 5.41. The molecule has 2 aromatic rings. The highest BCUT2D eigenvalue weighted by Crippen LogP contribution is 2.43. The van der Waals surface area contributed by atoms with Crippen LogP contribution in [-0.4, -0.2) is 48.5 Å². The van der Waals surface area contributed by atoms with E-state index in [0.717, 1.165) is 36.7 Å². The summed E-state index contributed by atoms with van der Waals surface area (Å²) in [7, 11) is 1.97. The van der Waals surface area contributed by atoms with E-state index < -0.39 is 5.82 Å². The molecule has 1 amide bonds. The summed E-state index contributed by atoms with van der Waals surface area (Å²) in [6.07, 6.45) is 3.42. The Labute approximate surface area is 205 Å². The zero-order valence-electron chi connectivity index (χ0n) is 20.3. The average molecular weight is 494 g/mol. The highest BCUT2D eigenvalue weighted by molar-refractivity contribution is 6.30. The summed E-state index contributed by atoms with van der Waals surface area (Å²) in [5, 5.41) is 6.50. The fourth-order valence-corrected chi connectivity index (χ4v) is 4.16. The molecule has 1 aromatic carbocycles. The van der Waals surface area contributed by atoms with Crippen molar-refractivity contribution in [3.8, 4) is 11.5 Å². The molecular formula is C25H33ClFN3O4. The van der Waals surface area contributed by atoms with Crippen LogP contribution in [0.5, 0.6) is 11.5 Å². The van der Waals surface area contributed by atoms with E-state index in [2.05, 4.69) is 29.5 Å². The van der Waals surface area contributed by atoms with Gasteiger partial charge in [0, 0.05) is 22.8 Å². The number of hydrogen-bond acceptors (Lipinski definition) is 6. The van der Waals surface area contributed by atoms with E-state index in [1.807, 2.05) is 33.0 Å². The number of carbonyl (C=O) groups is 2. The molecule has 1 aliphatic carbocycles. The Kier molecular flexibility index (Phi) is 9.82. The zero-order chi connectivity index (χ0) is 25.4. The number of amides is 1. The second-order valence-corrected chi connectivity index (χ2v) is 9.13. The molecule has 1 aliphatic rings. The number of hydrogen-bond donors (Lipinski definition) is 2. The van der Waals surface area contributed by atoms with Crippen LogP contribution in [0.2, 0.25) is 5.02 Å². The van der Waals surface area contributed by atoms with E-state index in [-0.39, 0.29) is 35.2 Å². The zero-order valence-corrected chi connectivity index (χ0v) is 21.1. The molecule has 1 fully saturated rings. The summed E-state index contributed by atoms with van der Waals surface area (Å²) in [5.74, 6) is 0.337. The summed E-state index contributed by atoms with van der Waals surface area (Å²) in [4.78, 5) is 26.4. The molecule has 0 bridgehead atoms. The summed E-state index contributed by atoms with van der Waals surface area (Å²) in [6, 6.07) is 7.75. The van der Waals surface area contributed by atoms with Crippen LogP contribution in [0.3, 0.4) is 0 Å². The van der Waals surface area contributed by atoms with Crippen molar-refractivity contribution in [1.29, 1.82) is 0 Å². The molecule has 0 unspecified atom stereocenters. The van der Waals surface area contributed by atoms with Crippen LogP contribution in [0, 0.1) is 19.7 Å². The molecule has 2 N–H and O–H groups in total. The first-order chi connectivity index (χ1) is 16.0. The Balaban J connectivity index is 0.000000287. The summed E-state index contributed by atoms with van der Waals surface area (Å²) in [5.41, 5.74) is 1.78. The fourth-order valence-electron chi connectivity index (χ4n) is 4.04. The van der Waals surface area contributed by atoms with Crippen molar-refractivity contribution < 1.29 is 23.5 Å². The van der Waals surface area contributed by atoms with Crippen molar-refractivity contribution in [2.75, 3.05) is 20.3 Å². The molecule has 1 saturated carbocycles. The first kappa shape index (κ1) is 27.5. The number of aromatic nitrogens is 1. The predicted molar refractivity (Wildman–Crippen MR) is 130 cm³/mol. The SMILES string of the molecule is CCC1(NC(=O)COc2ccc(C)nc2C)CC(C)(NC)C1.O=CCOc1ccc(Cl)c(F)c1. The Bertz CT molecular complexity index is 996. The van der Waals surface area contributed by atoms with Gasteiger partial charge in [0.1, 0.15) is 23.9 Å². The molecule has 0 saturated heterocycles. The molecule has 34 heavy (non-hydrogen) atoms. The number of aryl methyl sites for hydroxylation is 2. The van der Waals surface area contributed by atoms with Gasteiger partial charge in [0.05, 0.1) is 10.7 Å². The predicted octanol–water partition coefficient (Wildman–Crippen LogP) is 4.17. The largest absolute Gasteiger partial charge is 0.486 e. The first-order valence-electron chi connectivity index (χ1n) is 11.1. The number of nitrogens with zero attached hydrogens (tertiary/aromatic N) is 1. The van der Waals surface area contributed by atoms with Crippen LogP contribution in [-0.2, 0) is 9.59 Å². The molecule has 3 rings (SSSR count). The van der Waals surface area contributed by atoms with Gasteiger partial charge in [0.2, 0.25) is 0 Å². The van der Waals surface area contributed by atoms with Crippen LogP contribution in [0.4, 0.5) is 4.39 Å². The summed E-state index contributed by atoms with van der Waals surface area (Å²) < 4.78 is 23.1. The van der Waals surface area contributed by atoms with E-state index in [9.17, 15) is 14.0 Å². The Morgan fingerprint density at radius 3 is 2.50 bits per heavy atom. The Morgan fingerprint density at radius 2 is 1.94 bits per heavy atom. The molecular weight excluding hydrogens is 461 g/mol. The standard InChI is InChI=1S/C17H27N3O2.C8H6ClFO2/c1-6-17(10-16(4,11-17)18-5)20-15(21)9-22-14-8-7-12(2)19-13(14)3;9-7-2-1-6(5-8(7)10)12-4-3-11/h7-8,18H,6,9-11H2,1-5H3,(H,20,21);1-3,5H,4H2. The van der Waals surface area contributed by atoms with Gasteiger partial charge in [0.15, 0.2) is 12.9 Å². The van der Waals surface area contributed by atoms with Gasteiger partial charge in [-0.1, -0.05) is 18.5 Å². The quantitative estimate of drug-likeness (QED) is 0.509. The lowest BCUT2D eigenvalue weighted by Crippen LogP contribution is -2.68. The molecule has 1 heterocycles. The van der Waals surface area contributed by atoms with Gasteiger partial charge in [-0.25, -0.2) is 4.39 Å². The number of nitrogens with one attached hydrogen (secondary N) is 2. The highest BCUT2D eigenvalue weighted by atomic mass is 35.5. The van der Waals surface area contributed by atoms with Gasteiger partial charge >= 0.3 is 0 Å². The minimum Gasteiger partial charge on any atom is -0.486 e. The number of carbonyl (C=O) groups excluding carboxylic acids is 2. The van der Waals surface area contributed by atoms with Crippen molar-refractivity contribution in [1.82, 2.24) is 15.6 Å². The van der Waals surface area contributed by atoms with Gasteiger partial charge in [-0.15, -0.1) is 0 Å². The van der Waals surface area contributed by atoms with Crippen molar-refractivity contribution in [2.24, 2.45) is 0 Å². The van der Waals surface area contributed by atoms with Gasteiger partial charge in [-0.3, -0.25) is 14.6 Å². The van der Waals surface area contributed by atoms with E-state index in [0.29, 0.717) is 17.8 Å². The normalized spacial score (nSPS) is 20.9. The van der Waals surface area contributed by atoms with Crippen LogP contribution in [0.1, 0.15) is 44.5 Å². The van der Waals surface area contributed by atoms with Crippen molar-refractivity contribution in [3.63, 3.8) is 0 Å². The molecule has 0 atom stereocenters. The smallest absolute Gasteiger partial charge is 0.258 e. The Morgan fingerprint density at radius 1 is 1.24 bits per heavy atom. The first-order valence-corrected chi connectivity index (χ1v) is 11.5. The third-order valence-corrected chi connectivity index (χ3v) is 6.19. The van der Waals surface area contributed by atoms with Crippen LogP contribution < -0.4 is 20.1 Å². The van der Waals surface area contributed by atoms with Crippen molar-refractivity contribution >= 4 is 23.8 Å². The van der Waals surface area contributed by atoms with Gasteiger partial charge < -0.3 is 20.1 Å². The molecule has 0 radical (unpaired) electrons. The van der Waals surface area contributed by atoms with Crippen LogP contribution in [0.15, 0.2) is 30.3 Å². The summed E-state index contributed by atoms with van der Waals surface area (Å²) in [6.45, 7) is 8.07. The average Bonchev–Trinajstić information content (AvgIpc) is 2.78. The minimum absolute atomic E-state index is 0.0313. The minimum atomic E-state index is -0.555. The number of pyridine rings is 1. The van der Waals surface area contributed by atoms with E-state index in [1.54, 1.807) is 0 Å². The lowest BCUT2D eigenvalue weighted by molar-refractivity contribution is -0.127. The third kappa shape index (κ3) is 7.67. The molecule has 9 heteroatoms. The molecule has 7 nitrogen and oxygen atoms in total. The maximum absolute atomic E-state index is 12.7. The van der Waals surface area contributed by atoms with Gasteiger partial charge in [-0.2, -0.15) is 0 Å². The topological polar surface area (TPSA) is 89.5 Å². The lowest BCUT2D eigenvalue weighted by atomic mass is 9.62. The second-order valence-electron chi connectivity index (χ2n) is 8.72. The second kappa shape index (κ2) is 12.1. The van der Waals surface area contributed by atoms with Crippen molar-refractivity contribution in [3.05, 3.63) is 52.6 Å². The molecule has 0 aliphatic heterocycles. The Hall–Kier alpha value is -2.71. The van der Waals surface area contributed by atoms with Gasteiger partial charge in [-0.05, 0) is 71.3 Å². The lowest BCUT2D eigenvalue weighted by Gasteiger charge is -2.54. The van der Waals surface area contributed by atoms with E-state index >= 15 is 0 Å².